The molecule has 3 aromatic rings. The minimum Gasteiger partial charge on any atom is -0.488 e. The Morgan fingerprint density at radius 3 is 2.71 bits per heavy atom. The predicted molar refractivity (Wildman–Crippen MR) is 91.9 cm³/mol. The van der Waals surface area contributed by atoms with E-state index in [-0.39, 0.29) is 6.42 Å². The average Bonchev–Trinajstić information content (AvgIpc) is 2.91. The van der Waals surface area contributed by atoms with E-state index in [4.69, 9.17) is 25.7 Å². The lowest BCUT2D eigenvalue weighted by atomic mass is 10.1. The van der Waals surface area contributed by atoms with Crippen molar-refractivity contribution in [2.24, 2.45) is 0 Å². The molecule has 0 fully saturated rings. The third-order valence-electron chi connectivity index (χ3n) is 3.92. The van der Waals surface area contributed by atoms with Crippen LogP contribution in [0.2, 0.25) is 0 Å². The molecule has 0 aliphatic rings. The summed E-state index contributed by atoms with van der Waals surface area (Å²) in [7, 11) is 0. The second-order valence-corrected chi connectivity index (χ2v) is 5.64. The first-order chi connectivity index (χ1) is 11.5. The molecule has 3 rings (SSSR count). The van der Waals surface area contributed by atoms with Crippen LogP contribution in [0.4, 0.5) is 11.4 Å². The zero-order chi connectivity index (χ0) is 17.3. The van der Waals surface area contributed by atoms with Crippen LogP contribution in [0.3, 0.4) is 0 Å². The smallest absolute Gasteiger partial charge is 0.307 e. The van der Waals surface area contributed by atoms with Crippen LogP contribution in [-0.2, 0) is 17.8 Å². The molecule has 1 aromatic heterocycles. The molecular weight excluding hydrogens is 308 g/mol. The number of ether oxygens (including phenoxy) is 1. The molecule has 6 nitrogen and oxygen atoms in total. The summed E-state index contributed by atoms with van der Waals surface area (Å²) in [4.78, 5) is 10.9. The lowest BCUT2D eigenvalue weighted by molar-refractivity contribution is -0.136. The van der Waals surface area contributed by atoms with Crippen LogP contribution in [0, 0.1) is 6.92 Å². The molecule has 6 heteroatoms. The minimum atomic E-state index is -0.894. The fourth-order valence-electron chi connectivity index (χ4n) is 2.63. The van der Waals surface area contributed by atoms with E-state index in [2.05, 4.69) is 0 Å². The zero-order valence-corrected chi connectivity index (χ0v) is 13.2. The molecule has 0 saturated carbocycles. The number of hydrogen-bond acceptors (Lipinski definition) is 5. The van der Waals surface area contributed by atoms with Gasteiger partial charge in [0.1, 0.15) is 17.9 Å². The van der Waals surface area contributed by atoms with Gasteiger partial charge in [0.15, 0.2) is 0 Å². The highest BCUT2D eigenvalue weighted by Crippen LogP contribution is 2.31. The molecule has 0 amide bonds. The molecule has 0 atom stereocenters. The van der Waals surface area contributed by atoms with Gasteiger partial charge in [-0.1, -0.05) is 6.07 Å². The quantitative estimate of drug-likeness (QED) is 0.621. The van der Waals surface area contributed by atoms with Crippen molar-refractivity contribution in [1.82, 2.24) is 0 Å². The Kier molecular flexibility index (Phi) is 4.04. The summed E-state index contributed by atoms with van der Waals surface area (Å²) in [6, 6.07) is 8.92. The van der Waals surface area contributed by atoms with Crippen molar-refractivity contribution >= 4 is 28.3 Å². The molecule has 0 bridgehead atoms. The normalized spacial score (nSPS) is 10.9. The van der Waals surface area contributed by atoms with Gasteiger partial charge in [0.05, 0.1) is 12.7 Å². The van der Waals surface area contributed by atoms with Crippen molar-refractivity contribution in [1.29, 1.82) is 0 Å². The van der Waals surface area contributed by atoms with Gasteiger partial charge in [0, 0.05) is 33.5 Å². The molecule has 124 valence electrons. The lowest BCUT2D eigenvalue weighted by Gasteiger charge is -2.11. The maximum atomic E-state index is 10.9. The second-order valence-electron chi connectivity index (χ2n) is 5.64. The average molecular weight is 326 g/mol. The number of furan rings is 1. The number of aliphatic carboxylic acids is 1. The summed E-state index contributed by atoms with van der Waals surface area (Å²) >= 11 is 0. The van der Waals surface area contributed by atoms with Crippen molar-refractivity contribution in [3.8, 4) is 5.75 Å². The molecule has 0 aliphatic carbocycles. The maximum Gasteiger partial charge on any atom is 0.307 e. The van der Waals surface area contributed by atoms with E-state index in [1.807, 2.05) is 25.1 Å². The van der Waals surface area contributed by atoms with E-state index in [0.29, 0.717) is 34.9 Å². The Labute approximate surface area is 138 Å². The van der Waals surface area contributed by atoms with Gasteiger partial charge in [-0.25, -0.2) is 0 Å². The van der Waals surface area contributed by atoms with E-state index < -0.39 is 5.97 Å². The Hall–Kier alpha value is -3.15. The first kappa shape index (κ1) is 15.7. The van der Waals surface area contributed by atoms with Gasteiger partial charge >= 0.3 is 5.97 Å². The number of carboxylic acids is 1. The molecule has 0 spiro atoms. The van der Waals surface area contributed by atoms with Crippen LogP contribution in [0.5, 0.6) is 5.75 Å². The Bertz CT molecular complexity index is 915. The lowest BCUT2D eigenvalue weighted by Crippen LogP contribution is -2.02. The zero-order valence-electron chi connectivity index (χ0n) is 13.2. The van der Waals surface area contributed by atoms with E-state index in [1.165, 1.54) is 6.26 Å². The van der Waals surface area contributed by atoms with E-state index in [0.717, 1.165) is 16.5 Å². The Morgan fingerprint density at radius 2 is 2.00 bits per heavy atom. The number of fused-ring (bicyclic) bond motifs is 1. The topological polar surface area (TPSA) is 112 Å². The minimum absolute atomic E-state index is 0.0748. The van der Waals surface area contributed by atoms with Gasteiger partial charge in [-0.05, 0) is 31.2 Å². The largest absolute Gasteiger partial charge is 0.488 e. The number of aryl methyl sites for hydroxylation is 1. The predicted octanol–water partition coefficient (Wildman–Crippen LogP) is 3.11. The van der Waals surface area contributed by atoms with Crippen LogP contribution in [0.25, 0.3) is 11.0 Å². The number of rotatable bonds is 5. The summed E-state index contributed by atoms with van der Waals surface area (Å²) in [6.07, 6.45) is 1.40. The maximum absolute atomic E-state index is 10.9. The van der Waals surface area contributed by atoms with Gasteiger partial charge in [0.2, 0.25) is 0 Å². The first-order valence-corrected chi connectivity index (χ1v) is 7.44. The molecule has 2 aromatic carbocycles. The monoisotopic (exact) mass is 326 g/mol. The van der Waals surface area contributed by atoms with E-state index >= 15 is 0 Å². The third-order valence-corrected chi connectivity index (χ3v) is 3.92. The van der Waals surface area contributed by atoms with Crippen molar-refractivity contribution in [2.75, 3.05) is 11.5 Å². The Morgan fingerprint density at radius 1 is 1.21 bits per heavy atom. The van der Waals surface area contributed by atoms with Gasteiger partial charge < -0.3 is 25.7 Å². The number of hydrogen-bond donors (Lipinski definition) is 3. The third kappa shape index (κ3) is 2.99. The molecule has 0 radical (unpaired) electrons. The molecular formula is C18H18N2O4. The standard InChI is InChI=1S/C18H18N2O4/c1-10-16(23-8-11-2-3-13(19)7-15(11)20)5-4-14-12(6-17(21)22)9-24-18(10)14/h2-5,7,9H,6,8,19-20H2,1H3,(H,21,22). The number of carbonyl (C=O) groups is 1. The number of nitrogens with two attached hydrogens (primary N) is 2. The van der Waals surface area contributed by atoms with Crippen LogP contribution in [0.1, 0.15) is 16.7 Å². The Balaban J connectivity index is 1.85. The summed E-state index contributed by atoms with van der Waals surface area (Å²) in [6.45, 7) is 2.18. The van der Waals surface area contributed by atoms with E-state index in [9.17, 15) is 4.79 Å². The fraction of sp³-hybridized carbons (Fsp3) is 0.167. The number of carboxylic acid groups (broad SMARTS) is 1. The van der Waals surface area contributed by atoms with Crippen molar-refractivity contribution in [3.63, 3.8) is 0 Å². The van der Waals surface area contributed by atoms with Crippen molar-refractivity contribution < 1.29 is 19.1 Å². The second kappa shape index (κ2) is 6.16. The van der Waals surface area contributed by atoms with Crippen molar-refractivity contribution in [3.05, 3.63) is 53.3 Å². The van der Waals surface area contributed by atoms with Crippen LogP contribution >= 0.6 is 0 Å². The highest BCUT2D eigenvalue weighted by molar-refractivity contribution is 5.88. The molecule has 0 aliphatic heterocycles. The van der Waals surface area contributed by atoms with Gasteiger partial charge in [-0.15, -0.1) is 0 Å². The van der Waals surface area contributed by atoms with Crippen LogP contribution in [-0.4, -0.2) is 11.1 Å². The molecule has 0 saturated heterocycles. The van der Waals surface area contributed by atoms with Gasteiger partial charge in [-0.3, -0.25) is 4.79 Å². The SMILES string of the molecule is Cc1c(OCc2ccc(N)cc2N)ccc2c(CC(=O)O)coc12. The summed E-state index contributed by atoms with van der Waals surface area (Å²) in [5.74, 6) is -0.232. The molecule has 0 unspecified atom stereocenters. The molecule has 5 N–H and O–H groups in total. The highest BCUT2D eigenvalue weighted by Gasteiger charge is 2.14. The van der Waals surface area contributed by atoms with Gasteiger partial charge in [-0.2, -0.15) is 0 Å². The van der Waals surface area contributed by atoms with Crippen molar-refractivity contribution in [2.45, 2.75) is 20.0 Å². The van der Waals surface area contributed by atoms with Crippen LogP contribution in [0.15, 0.2) is 41.0 Å². The number of anilines is 2. The van der Waals surface area contributed by atoms with Gasteiger partial charge in [0.25, 0.3) is 0 Å². The summed E-state index contributed by atoms with van der Waals surface area (Å²) in [5, 5.41) is 9.72. The summed E-state index contributed by atoms with van der Waals surface area (Å²) in [5.41, 5.74) is 15.7. The number of benzene rings is 2. The van der Waals surface area contributed by atoms with Crippen LogP contribution < -0.4 is 16.2 Å². The summed E-state index contributed by atoms with van der Waals surface area (Å²) < 4.78 is 11.4. The van der Waals surface area contributed by atoms with E-state index in [1.54, 1.807) is 12.1 Å². The molecule has 1 heterocycles. The highest BCUT2D eigenvalue weighted by atomic mass is 16.5. The fourth-order valence-corrected chi connectivity index (χ4v) is 2.63. The first-order valence-electron chi connectivity index (χ1n) is 7.44. The number of nitrogen functional groups attached to an aromatic ring is 2. The molecule has 24 heavy (non-hydrogen) atoms.